The summed E-state index contributed by atoms with van der Waals surface area (Å²) in [5.41, 5.74) is 17.3. The Kier molecular flexibility index (Phi) is 6.12. The van der Waals surface area contributed by atoms with Gasteiger partial charge in [-0.25, -0.2) is 24.9 Å². The number of rotatable bonds is 3. The molecule has 4 aromatic heterocycles. The second-order valence-electron chi connectivity index (χ2n) is 10.7. The number of fused-ring (bicyclic) bond motifs is 5. The molecule has 2 N–H and O–H groups in total. The minimum atomic E-state index is -1.66. The van der Waals surface area contributed by atoms with Crippen LogP contribution in [-0.4, -0.2) is 37.6 Å². The second-order valence-corrected chi connectivity index (χ2v) is 15.5. The zero-order valence-corrected chi connectivity index (χ0v) is 23.5. The summed E-state index contributed by atoms with van der Waals surface area (Å²) in [7, 11) is -1.66. The molecule has 6 rings (SSSR count). The molecule has 1 aliphatic heterocycles. The number of pyridine rings is 1. The molecule has 0 saturated heterocycles. The summed E-state index contributed by atoms with van der Waals surface area (Å²) in [5, 5.41) is 0.852. The number of aryl methyl sites for hydroxylation is 2. The molecule has 0 spiro atoms. The molecule has 5 aromatic rings. The van der Waals surface area contributed by atoms with Crippen LogP contribution in [0.2, 0.25) is 19.6 Å². The van der Waals surface area contributed by atoms with Gasteiger partial charge in [0.1, 0.15) is 37.3 Å². The quantitative estimate of drug-likeness (QED) is 0.231. The van der Waals surface area contributed by atoms with Crippen LogP contribution in [-0.2, 0) is 13.0 Å². The number of ether oxygens (including phenoxy) is 1. The molecule has 0 aliphatic carbocycles. The number of anilines is 1. The zero-order valence-electron chi connectivity index (χ0n) is 22.5. The molecule has 9 heteroatoms. The van der Waals surface area contributed by atoms with Crippen LogP contribution in [0.4, 0.5) is 5.82 Å². The SMILES string of the molecule is Cc1ccnc(Oc2ccccc2-c2c(C#C[Si](C)(C)C)ncc3c2CCCn2c-3cc3c(N)ncnc32)n1. The zero-order chi connectivity index (χ0) is 27.1. The average Bonchev–Trinajstić information content (AvgIpc) is 3.17. The molecular formula is C30H29N7OSi. The Bertz CT molecular complexity index is 1790. The topological polar surface area (TPSA) is 105 Å². The van der Waals surface area contributed by atoms with Crippen LogP contribution in [0.3, 0.4) is 0 Å². The van der Waals surface area contributed by atoms with Gasteiger partial charge >= 0.3 is 6.01 Å². The number of nitrogen functional groups attached to an aromatic ring is 1. The largest absolute Gasteiger partial charge is 0.424 e. The van der Waals surface area contributed by atoms with Gasteiger partial charge in [0.25, 0.3) is 0 Å². The van der Waals surface area contributed by atoms with Gasteiger partial charge in [-0.15, -0.1) is 5.54 Å². The Morgan fingerprint density at radius 3 is 2.69 bits per heavy atom. The van der Waals surface area contributed by atoms with Crippen LogP contribution in [0.5, 0.6) is 11.8 Å². The first-order valence-electron chi connectivity index (χ1n) is 13.0. The highest BCUT2D eigenvalue weighted by atomic mass is 28.3. The molecule has 0 unspecified atom stereocenters. The molecule has 39 heavy (non-hydrogen) atoms. The number of nitrogens with two attached hydrogens (primary N) is 1. The fourth-order valence-corrected chi connectivity index (χ4v) is 5.44. The van der Waals surface area contributed by atoms with Gasteiger partial charge in [0.05, 0.1) is 11.1 Å². The summed E-state index contributed by atoms with van der Waals surface area (Å²) in [4.78, 5) is 22.5. The van der Waals surface area contributed by atoms with Crippen molar-refractivity contribution in [1.29, 1.82) is 0 Å². The van der Waals surface area contributed by atoms with E-state index in [0.29, 0.717) is 17.6 Å². The summed E-state index contributed by atoms with van der Waals surface area (Å²) < 4.78 is 8.49. The molecule has 5 heterocycles. The molecule has 0 radical (unpaired) electrons. The number of nitrogens with zero attached hydrogens (tertiary/aromatic N) is 6. The summed E-state index contributed by atoms with van der Waals surface area (Å²) in [5.74, 6) is 4.58. The lowest BCUT2D eigenvalue weighted by Gasteiger charge is -2.17. The van der Waals surface area contributed by atoms with E-state index in [9.17, 15) is 0 Å². The van der Waals surface area contributed by atoms with Crippen LogP contribution < -0.4 is 10.5 Å². The molecule has 8 nitrogen and oxygen atoms in total. The highest BCUT2D eigenvalue weighted by Gasteiger charge is 2.25. The summed E-state index contributed by atoms with van der Waals surface area (Å²) in [6.07, 6.45) is 6.95. The van der Waals surface area contributed by atoms with E-state index in [0.717, 1.165) is 64.2 Å². The van der Waals surface area contributed by atoms with Crippen molar-refractivity contribution in [2.75, 3.05) is 5.73 Å². The maximum atomic E-state index is 6.27. The third kappa shape index (κ3) is 4.75. The van der Waals surface area contributed by atoms with Gasteiger partial charge in [-0.2, -0.15) is 0 Å². The monoisotopic (exact) mass is 531 g/mol. The highest BCUT2D eigenvalue weighted by Crippen LogP contribution is 2.42. The molecule has 0 bridgehead atoms. The van der Waals surface area contributed by atoms with Gasteiger partial charge in [-0.1, -0.05) is 43.8 Å². The fourth-order valence-electron chi connectivity index (χ4n) is 4.94. The predicted molar refractivity (Wildman–Crippen MR) is 156 cm³/mol. The normalized spacial score (nSPS) is 12.7. The molecule has 1 aromatic carbocycles. The van der Waals surface area contributed by atoms with Crippen LogP contribution in [0, 0.1) is 18.4 Å². The van der Waals surface area contributed by atoms with E-state index >= 15 is 0 Å². The first-order chi connectivity index (χ1) is 18.8. The average molecular weight is 532 g/mol. The third-order valence-corrected chi connectivity index (χ3v) is 7.55. The Balaban J connectivity index is 1.61. The van der Waals surface area contributed by atoms with E-state index < -0.39 is 8.07 Å². The van der Waals surface area contributed by atoms with Crippen molar-refractivity contribution in [3.05, 3.63) is 72.1 Å². The molecule has 194 valence electrons. The number of para-hydroxylation sites is 1. The summed E-state index contributed by atoms with van der Waals surface area (Å²) in [6.45, 7) is 9.44. The Morgan fingerprint density at radius 1 is 1.03 bits per heavy atom. The smallest absolute Gasteiger partial charge is 0.322 e. The number of hydrogen-bond acceptors (Lipinski definition) is 7. The molecular weight excluding hydrogens is 502 g/mol. The third-order valence-electron chi connectivity index (χ3n) is 6.68. The van der Waals surface area contributed by atoms with E-state index in [2.05, 4.69) is 67.7 Å². The molecule has 0 atom stereocenters. The van der Waals surface area contributed by atoms with Crippen molar-refractivity contribution in [3.8, 4) is 45.6 Å². The molecule has 1 aliphatic rings. The van der Waals surface area contributed by atoms with Crippen molar-refractivity contribution in [2.45, 2.75) is 46.0 Å². The number of hydrogen-bond donors (Lipinski definition) is 1. The predicted octanol–water partition coefficient (Wildman–Crippen LogP) is 5.81. The van der Waals surface area contributed by atoms with Crippen molar-refractivity contribution in [1.82, 2.24) is 29.5 Å². The lowest BCUT2D eigenvalue weighted by atomic mass is 9.91. The molecule has 0 amide bonds. The van der Waals surface area contributed by atoms with Crippen LogP contribution in [0.15, 0.2) is 55.1 Å². The van der Waals surface area contributed by atoms with Crippen molar-refractivity contribution in [2.24, 2.45) is 0 Å². The Morgan fingerprint density at radius 2 is 1.87 bits per heavy atom. The Hall–Kier alpha value is -4.55. The van der Waals surface area contributed by atoms with E-state index in [-0.39, 0.29) is 0 Å². The first kappa shape index (κ1) is 24.8. The van der Waals surface area contributed by atoms with Gasteiger partial charge in [0.15, 0.2) is 0 Å². The summed E-state index contributed by atoms with van der Waals surface area (Å²) in [6, 6.07) is 12.2. The Labute approximate surface area is 228 Å². The lowest BCUT2D eigenvalue weighted by molar-refractivity contribution is 0.442. The van der Waals surface area contributed by atoms with Crippen molar-refractivity contribution < 1.29 is 4.74 Å². The minimum Gasteiger partial charge on any atom is -0.424 e. The van der Waals surface area contributed by atoms with Gasteiger partial charge in [-0.05, 0) is 43.5 Å². The van der Waals surface area contributed by atoms with E-state index in [1.165, 1.54) is 11.9 Å². The maximum absolute atomic E-state index is 6.27. The lowest BCUT2D eigenvalue weighted by Crippen LogP contribution is -2.16. The minimum absolute atomic E-state index is 0.307. The number of benzene rings is 1. The van der Waals surface area contributed by atoms with Gasteiger partial charge in [0, 0.05) is 41.3 Å². The second kappa shape index (κ2) is 9.64. The van der Waals surface area contributed by atoms with Crippen molar-refractivity contribution >= 4 is 24.9 Å². The van der Waals surface area contributed by atoms with E-state index in [4.69, 9.17) is 15.5 Å². The highest BCUT2D eigenvalue weighted by molar-refractivity contribution is 6.83. The van der Waals surface area contributed by atoms with Crippen LogP contribution in [0.25, 0.3) is 33.4 Å². The standard InChI is InChI=1S/C30H29N7OSi/c1-19-11-13-32-30(36-19)38-26-10-6-5-8-21(26)27-20-9-7-14-37-25(16-22-28(31)34-18-35-29(22)37)23(20)17-33-24(27)12-15-39(2,3)4/h5-6,8,10-11,13,16-18H,7,9,14H2,1-4H3,(H2,31,34,35). The molecule has 0 saturated carbocycles. The van der Waals surface area contributed by atoms with Gasteiger partial charge in [-0.3, -0.25) is 0 Å². The van der Waals surface area contributed by atoms with E-state index in [1.807, 2.05) is 37.4 Å². The van der Waals surface area contributed by atoms with Gasteiger partial charge in [0.2, 0.25) is 0 Å². The summed E-state index contributed by atoms with van der Waals surface area (Å²) >= 11 is 0. The van der Waals surface area contributed by atoms with Crippen LogP contribution in [0.1, 0.15) is 23.4 Å². The van der Waals surface area contributed by atoms with Crippen molar-refractivity contribution in [3.63, 3.8) is 0 Å². The van der Waals surface area contributed by atoms with Gasteiger partial charge < -0.3 is 15.0 Å². The number of aromatic nitrogens is 6. The molecule has 0 fully saturated rings. The van der Waals surface area contributed by atoms with E-state index in [1.54, 1.807) is 6.20 Å². The fraction of sp³-hybridized carbons (Fsp3) is 0.233. The van der Waals surface area contributed by atoms with Crippen LogP contribution >= 0.6 is 0 Å². The maximum Gasteiger partial charge on any atom is 0.322 e. The first-order valence-corrected chi connectivity index (χ1v) is 16.5.